The van der Waals surface area contributed by atoms with Gasteiger partial charge in [0.05, 0.1) is 28.5 Å². The van der Waals surface area contributed by atoms with E-state index in [4.69, 9.17) is 5.26 Å². The summed E-state index contributed by atoms with van der Waals surface area (Å²) >= 11 is 0. The highest BCUT2D eigenvalue weighted by atomic mass is 32.2. The van der Waals surface area contributed by atoms with E-state index in [2.05, 4.69) is 31.6 Å². The molecule has 1 aliphatic heterocycles. The van der Waals surface area contributed by atoms with Gasteiger partial charge in [0.25, 0.3) is 10.0 Å². The summed E-state index contributed by atoms with van der Waals surface area (Å²) in [5, 5.41) is 16.1. The molecule has 0 bridgehead atoms. The van der Waals surface area contributed by atoms with Crippen LogP contribution in [0.1, 0.15) is 31.5 Å². The average molecular weight is 561 g/mol. The van der Waals surface area contributed by atoms with Crippen molar-refractivity contribution in [2.24, 2.45) is 7.05 Å². The molecule has 0 saturated carbocycles. The maximum atomic E-state index is 13.4. The predicted molar refractivity (Wildman–Crippen MR) is 152 cm³/mol. The van der Waals surface area contributed by atoms with Crippen LogP contribution in [-0.4, -0.2) is 63.4 Å². The Morgan fingerprint density at radius 2 is 1.90 bits per heavy atom. The monoisotopic (exact) mass is 560 g/mol. The number of hydrogen-bond donors (Lipinski definition) is 2. The number of fused-ring (bicyclic) bond motifs is 1. The molecule has 4 heterocycles. The van der Waals surface area contributed by atoms with Crippen molar-refractivity contribution in [3.8, 4) is 6.07 Å². The average Bonchev–Trinajstić information content (AvgIpc) is 3.59. The SMILES string of the molecule is Cn1ccnc1CCC(=O)Nc1cnc2c(ccn2S(=O)(=O)c2ccccc2)c1NC1CCN(CCC#N)CC1. The van der Waals surface area contributed by atoms with Gasteiger partial charge in [0, 0.05) is 76.0 Å². The van der Waals surface area contributed by atoms with Crippen LogP contribution in [0.4, 0.5) is 11.4 Å². The van der Waals surface area contributed by atoms with E-state index in [9.17, 15) is 13.2 Å². The van der Waals surface area contributed by atoms with E-state index >= 15 is 0 Å². The highest BCUT2D eigenvalue weighted by Crippen LogP contribution is 2.34. The van der Waals surface area contributed by atoms with E-state index in [0.29, 0.717) is 29.6 Å². The standard InChI is InChI=1S/C28H32N8O3S/c1-34-19-14-30-25(34)8-9-26(37)33-24-20-31-28-23(12-18-36(28)40(38,39)22-6-3-2-4-7-22)27(24)32-21-10-16-35(17-11-21)15-5-13-29/h2-4,6-7,12,14,18-21H,5,8-11,15-17H2,1H3,(H,31,32)(H,33,37). The summed E-state index contributed by atoms with van der Waals surface area (Å²) in [7, 11) is -1.98. The molecule has 4 aromatic rings. The maximum absolute atomic E-state index is 13.4. The number of rotatable bonds is 10. The lowest BCUT2D eigenvalue weighted by Crippen LogP contribution is -2.39. The number of imidazole rings is 1. The van der Waals surface area contributed by atoms with Crippen molar-refractivity contribution in [2.75, 3.05) is 30.3 Å². The molecule has 1 amide bonds. The quantitative estimate of drug-likeness (QED) is 0.301. The Hall–Kier alpha value is -4.21. The van der Waals surface area contributed by atoms with Crippen LogP contribution < -0.4 is 10.6 Å². The number of piperidine rings is 1. The number of anilines is 2. The lowest BCUT2D eigenvalue weighted by atomic mass is 10.0. The van der Waals surface area contributed by atoms with E-state index in [-0.39, 0.29) is 28.9 Å². The predicted octanol–water partition coefficient (Wildman–Crippen LogP) is 3.37. The largest absolute Gasteiger partial charge is 0.380 e. The second-order valence-electron chi connectivity index (χ2n) is 9.88. The first-order valence-electron chi connectivity index (χ1n) is 13.3. The van der Waals surface area contributed by atoms with Gasteiger partial charge in [0.2, 0.25) is 5.91 Å². The first-order valence-corrected chi connectivity index (χ1v) is 14.7. The second-order valence-corrected chi connectivity index (χ2v) is 11.7. The molecule has 0 aliphatic carbocycles. The van der Waals surface area contributed by atoms with Crippen LogP contribution in [0.5, 0.6) is 0 Å². The fourth-order valence-corrected chi connectivity index (χ4v) is 6.32. The number of nitrogens with zero attached hydrogens (tertiary/aromatic N) is 6. The van der Waals surface area contributed by atoms with Crippen LogP contribution in [-0.2, 0) is 28.3 Å². The van der Waals surface area contributed by atoms with Crippen LogP contribution in [0.2, 0.25) is 0 Å². The molecule has 5 rings (SSSR count). The van der Waals surface area contributed by atoms with Gasteiger partial charge in [-0.05, 0) is 31.0 Å². The Kier molecular flexibility index (Phi) is 8.14. The number of carbonyl (C=O) groups is 1. The lowest BCUT2D eigenvalue weighted by molar-refractivity contribution is -0.116. The zero-order chi connectivity index (χ0) is 28.1. The van der Waals surface area contributed by atoms with Crippen molar-refractivity contribution in [1.82, 2.24) is 23.4 Å². The third kappa shape index (κ3) is 5.85. The molecule has 208 valence electrons. The van der Waals surface area contributed by atoms with Gasteiger partial charge >= 0.3 is 0 Å². The first-order chi connectivity index (χ1) is 19.4. The maximum Gasteiger partial charge on any atom is 0.269 e. The van der Waals surface area contributed by atoms with Crippen molar-refractivity contribution in [3.63, 3.8) is 0 Å². The van der Waals surface area contributed by atoms with Crippen molar-refractivity contribution in [1.29, 1.82) is 5.26 Å². The van der Waals surface area contributed by atoms with Crippen molar-refractivity contribution in [2.45, 2.75) is 43.0 Å². The number of carbonyl (C=O) groups excluding carboxylic acids is 1. The topological polar surface area (TPSA) is 138 Å². The number of pyridine rings is 1. The van der Waals surface area contributed by atoms with E-state index in [1.54, 1.807) is 42.6 Å². The number of nitriles is 1. The van der Waals surface area contributed by atoms with Crippen LogP contribution in [0.25, 0.3) is 11.0 Å². The Morgan fingerprint density at radius 1 is 1.12 bits per heavy atom. The minimum absolute atomic E-state index is 0.112. The number of aryl methyl sites for hydroxylation is 2. The normalized spacial score (nSPS) is 14.7. The van der Waals surface area contributed by atoms with Gasteiger partial charge in [-0.3, -0.25) is 4.79 Å². The molecule has 1 fully saturated rings. The third-order valence-corrected chi connectivity index (χ3v) is 8.91. The van der Waals surface area contributed by atoms with Gasteiger partial charge in [0.1, 0.15) is 5.82 Å². The van der Waals surface area contributed by atoms with Gasteiger partial charge in [-0.25, -0.2) is 22.4 Å². The summed E-state index contributed by atoms with van der Waals surface area (Å²) in [5.41, 5.74) is 1.43. The molecule has 2 N–H and O–H groups in total. The third-order valence-electron chi connectivity index (χ3n) is 7.23. The molecule has 0 radical (unpaired) electrons. The number of nitrogens with one attached hydrogen (secondary N) is 2. The Morgan fingerprint density at radius 3 is 2.60 bits per heavy atom. The summed E-state index contributed by atoms with van der Waals surface area (Å²) in [6.07, 6.45) is 9.49. The van der Waals surface area contributed by atoms with Gasteiger partial charge in [-0.1, -0.05) is 18.2 Å². The number of aromatic nitrogens is 4. The molecule has 1 aliphatic rings. The van der Waals surface area contributed by atoms with Crippen LogP contribution in [0.15, 0.2) is 66.1 Å². The number of amides is 1. The molecule has 12 heteroatoms. The smallest absolute Gasteiger partial charge is 0.269 e. The van der Waals surface area contributed by atoms with Crippen LogP contribution in [0, 0.1) is 11.3 Å². The van der Waals surface area contributed by atoms with Gasteiger partial charge in [-0.15, -0.1) is 0 Å². The zero-order valence-electron chi connectivity index (χ0n) is 22.3. The first kappa shape index (κ1) is 27.4. The van der Waals surface area contributed by atoms with Gasteiger partial charge < -0.3 is 20.1 Å². The molecule has 40 heavy (non-hydrogen) atoms. The summed E-state index contributed by atoms with van der Waals surface area (Å²) in [6, 6.07) is 12.3. The van der Waals surface area contributed by atoms with Crippen molar-refractivity contribution in [3.05, 3.63) is 67.0 Å². The molecule has 1 saturated heterocycles. The Bertz CT molecular complexity index is 1630. The molecule has 0 atom stereocenters. The van der Waals surface area contributed by atoms with Crippen molar-refractivity contribution >= 4 is 38.3 Å². The zero-order valence-corrected chi connectivity index (χ0v) is 23.1. The molecule has 1 aromatic carbocycles. The van der Waals surface area contributed by atoms with Crippen molar-refractivity contribution < 1.29 is 13.2 Å². The summed E-state index contributed by atoms with van der Waals surface area (Å²) in [5.74, 6) is 0.628. The summed E-state index contributed by atoms with van der Waals surface area (Å²) < 4.78 is 29.9. The van der Waals surface area contributed by atoms with Gasteiger partial charge in [0.15, 0.2) is 5.65 Å². The summed E-state index contributed by atoms with van der Waals surface area (Å²) in [4.78, 5) is 24.2. The molecule has 3 aromatic heterocycles. The minimum atomic E-state index is -3.87. The lowest BCUT2D eigenvalue weighted by Gasteiger charge is -2.33. The van der Waals surface area contributed by atoms with E-state index < -0.39 is 10.0 Å². The molecule has 0 unspecified atom stereocenters. The second kappa shape index (κ2) is 11.9. The number of benzene rings is 1. The van der Waals surface area contributed by atoms with E-state index in [0.717, 1.165) is 38.3 Å². The molecular weight excluding hydrogens is 528 g/mol. The summed E-state index contributed by atoms with van der Waals surface area (Å²) in [6.45, 7) is 2.45. The number of hydrogen-bond acceptors (Lipinski definition) is 8. The van der Waals surface area contributed by atoms with Crippen LogP contribution >= 0.6 is 0 Å². The fourth-order valence-electron chi connectivity index (χ4n) is 5.00. The minimum Gasteiger partial charge on any atom is -0.380 e. The van der Waals surface area contributed by atoms with Gasteiger partial charge in [-0.2, -0.15) is 5.26 Å². The highest BCUT2D eigenvalue weighted by Gasteiger charge is 2.25. The van der Waals surface area contributed by atoms with E-state index in [1.165, 1.54) is 16.4 Å². The Labute approximate surface area is 233 Å². The Balaban J connectivity index is 1.43. The molecular formula is C28H32N8O3S. The molecule has 11 nitrogen and oxygen atoms in total. The molecule has 0 spiro atoms. The highest BCUT2D eigenvalue weighted by molar-refractivity contribution is 7.90. The number of likely N-dealkylation sites (tertiary alicyclic amines) is 1. The fraction of sp³-hybridized carbons (Fsp3) is 0.357. The van der Waals surface area contributed by atoms with E-state index in [1.807, 2.05) is 17.8 Å². The van der Waals surface area contributed by atoms with Crippen LogP contribution in [0.3, 0.4) is 0 Å².